The van der Waals surface area contributed by atoms with Crippen molar-refractivity contribution in [2.24, 2.45) is 5.73 Å². The summed E-state index contributed by atoms with van der Waals surface area (Å²) in [5, 5.41) is 0. The van der Waals surface area contributed by atoms with Crippen LogP contribution in [-0.2, 0) is 15.6 Å². The Morgan fingerprint density at radius 1 is 1.44 bits per heavy atom. The average molecular weight is 242 g/mol. The lowest BCUT2D eigenvalue weighted by Gasteiger charge is -2.09. The lowest BCUT2D eigenvalue weighted by molar-refractivity contribution is 0.582. The highest BCUT2D eigenvalue weighted by Gasteiger charge is 2.16. The molecule has 0 amide bonds. The molecule has 0 aliphatic carbocycles. The Hall–Kier alpha value is -0.940. The molecule has 2 N–H and O–H groups in total. The molecule has 0 bridgehead atoms. The van der Waals surface area contributed by atoms with E-state index in [0.717, 1.165) is 5.69 Å². The van der Waals surface area contributed by atoms with E-state index in [0.29, 0.717) is 12.1 Å². The van der Waals surface area contributed by atoms with Crippen LogP contribution in [0.15, 0.2) is 18.2 Å². The number of sulfone groups is 1. The van der Waals surface area contributed by atoms with Crippen LogP contribution in [0.3, 0.4) is 0 Å². The van der Waals surface area contributed by atoms with E-state index in [1.807, 2.05) is 26.0 Å². The summed E-state index contributed by atoms with van der Waals surface area (Å²) in [6.07, 6.45) is 0.667. The van der Waals surface area contributed by atoms with Crippen LogP contribution in [0.1, 0.15) is 24.7 Å². The van der Waals surface area contributed by atoms with Crippen molar-refractivity contribution in [2.45, 2.75) is 32.1 Å². The third-order valence-electron chi connectivity index (χ3n) is 2.31. The highest BCUT2D eigenvalue weighted by atomic mass is 32.2. The van der Waals surface area contributed by atoms with Crippen molar-refractivity contribution >= 4 is 9.84 Å². The van der Waals surface area contributed by atoms with Gasteiger partial charge in [0.05, 0.1) is 17.2 Å². The molecule has 4 nitrogen and oxygen atoms in total. The third-order valence-corrected chi connectivity index (χ3v) is 3.98. The zero-order chi connectivity index (χ0) is 12.2. The Bertz CT molecular complexity index is 443. The van der Waals surface area contributed by atoms with Crippen LogP contribution in [0.25, 0.3) is 0 Å². The van der Waals surface area contributed by atoms with E-state index >= 15 is 0 Å². The van der Waals surface area contributed by atoms with Gasteiger partial charge in [-0.05, 0) is 25.5 Å². The second-order valence-corrected chi connectivity index (χ2v) is 6.10. The van der Waals surface area contributed by atoms with Crippen molar-refractivity contribution in [1.82, 2.24) is 4.98 Å². The van der Waals surface area contributed by atoms with Crippen LogP contribution < -0.4 is 5.73 Å². The molecule has 0 fully saturated rings. The van der Waals surface area contributed by atoms with Gasteiger partial charge in [0.25, 0.3) is 0 Å². The number of pyridine rings is 1. The predicted molar refractivity (Wildman–Crippen MR) is 64.7 cm³/mol. The van der Waals surface area contributed by atoms with Crippen LogP contribution >= 0.6 is 0 Å². The second kappa shape index (κ2) is 5.41. The summed E-state index contributed by atoms with van der Waals surface area (Å²) >= 11 is 0. The van der Waals surface area contributed by atoms with Crippen LogP contribution in [0.4, 0.5) is 0 Å². The number of hydrogen-bond acceptors (Lipinski definition) is 4. The summed E-state index contributed by atoms with van der Waals surface area (Å²) in [6.45, 7) is 3.72. The van der Waals surface area contributed by atoms with Crippen molar-refractivity contribution in [3.63, 3.8) is 0 Å². The molecule has 0 saturated heterocycles. The van der Waals surface area contributed by atoms with Crippen LogP contribution in [-0.4, -0.2) is 25.2 Å². The summed E-state index contributed by atoms with van der Waals surface area (Å²) in [5.74, 6) is 0.00149. The maximum absolute atomic E-state index is 11.8. The summed E-state index contributed by atoms with van der Waals surface area (Å²) in [5.41, 5.74) is 7.06. The Kier molecular flexibility index (Phi) is 4.44. The molecule has 1 aromatic rings. The van der Waals surface area contributed by atoms with Crippen LogP contribution in [0.2, 0.25) is 0 Å². The molecule has 5 heteroatoms. The molecule has 1 unspecified atom stereocenters. The van der Waals surface area contributed by atoms with Gasteiger partial charge < -0.3 is 5.73 Å². The Balaban J connectivity index is 2.73. The van der Waals surface area contributed by atoms with E-state index in [-0.39, 0.29) is 17.5 Å². The minimum absolute atomic E-state index is 0.0254. The topological polar surface area (TPSA) is 73.1 Å². The predicted octanol–water partition coefficient (Wildman–Crippen LogP) is 1.04. The minimum atomic E-state index is -3.15. The molecule has 90 valence electrons. The largest absolute Gasteiger partial charge is 0.327 e. The molecule has 16 heavy (non-hydrogen) atoms. The zero-order valence-electron chi connectivity index (χ0n) is 9.68. The second-order valence-electron chi connectivity index (χ2n) is 3.99. The van der Waals surface area contributed by atoms with E-state index < -0.39 is 9.84 Å². The first-order chi connectivity index (χ1) is 7.43. The maximum Gasteiger partial charge on any atom is 0.157 e. The summed E-state index contributed by atoms with van der Waals surface area (Å²) in [6, 6.07) is 5.10. The number of aryl methyl sites for hydroxylation is 1. The van der Waals surface area contributed by atoms with Gasteiger partial charge >= 0.3 is 0 Å². The molecular weight excluding hydrogens is 224 g/mol. The number of rotatable bonds is 5. The van der Waals surface area contributed by atoms with Crippen molar-refractivity contribution in [1.29, 1.82) is 0 Å². The van der Waals surface area contributed by atoms with Gasteiger partial charge in [-0.25, -0.2) is 8.42 Å². The van der Waals surface area contributed by atoms with Gasteiger partial charge in [-0.15, -0.1) is 0 Å². The standard InChI is InChI=1S/C11H18N2O2S/c1-3-10(12)7-16(14,15)8-11-6-4-5-9(2)13-11/h4-6,10H,3,7-8,12H2,1-2H3. The number of nitrogens with zero attached hydrogens (tertiary/aromatic N) is 1. The quantitative estimate of drug-likeness (QED) is 0.837. The summed E-state index contributed by atoms with van der Waals surface area (Å²) < 4.78 is 23.5. The van der Waals surface area contributed by atoms with Crippen LogP contribution in [0.5, 0.6) is 0 Å². The molecule has 1 rings (SSSR count). The fourth-order valence-electron chi connectivity index (χ4n) is 1.41. The molecule has 1 atom stereocenters. The van der Waals surface area contributed by atoms with Gasteiger partial charge in [-0.2, -0.15) is 0 Å². The number of aromatic nitrogens is 1. The van der Waals surface area contributed by atoms with Gasteiger partial charge in [0.1, 0.15) is 0 Å². The van der Waals surface area contributed by atoms with E-state index in [1.54, 1.807) is 6.07 Å². The lowest BCUT2D eigenvalue weighted by Crippen LogP contribution is -2.29. The highest BCUT2D eigenvalue weighted by Crippen LogP contribution is 2.06. The molecule has 0 radical (unpaired) electrons. The first kappa shape index (κ1) is 13.1. The van der Waals surface area contributed by atoms with Gasteiger partial charge in [-0.1, -0.05) is 13.0 Å². The van der Waals surface area contributed by atoms with Crippen molar-refractivity contribution < 1.29 is 8.42 Å². The summed E-state index contributed by atoms with van der Waals surface area (Å²) in [7, 11) is -3.15. The molecule has 1 aromatic heterocycles. The molecule has 0 aliphatic rings. The monoisotopic (exact) mass is 242 g/mol. The van der Waals surface area contributed by atoms with E-state index in [9.17, 15) is 8.42 Å². The fourth-order valence-corrected chi connectivity index (χ4v) is 3.03. The molecular formula is C11H18N2O2S. The third kappa shape index (κ3) is 4.28. The minimum Gasteiger partial charge on any atom is -0.327 e. The smallest absolute Gasteiger partial charge is 0.157 e. The number of nitrogens with two attached hydrogens (primary N) is 1. The van der Waals surface area contributed by atoms with Crippen molar-refractivity contribution in [2.75, 3.05) is 5.75 Å². The number of hydrogen-bond donors (Lipinski definition) is 1. The highest BCUT2D eigenvalue weighted by molar-refractivity contribution is 7.90. The van der Waals surface area contributed by atoms with Crippen LogP contribution in [0, 0.1) is 6.92 Å². The first-order valence-corrected chi connectivity index (χ1v) is 7.13. The fraction of sp³-hybridized carbons (Fsp3) is 0.545. The van der Waals surface area contributed by atoms with Gasteiger partial charge in [0.15, 0.2) is 9.84 Å². The Morgan fingerprint density at radius 2 is 2.12 bits per heavy atom. The lowest BCUT2D eigenvalue weighted by atomic mass is 10.3. The molecule has 1 heterocycles. The van der Waals surface area contributed by atoms with Gasteiger partial charge in [0, 0.05) is 11.7 Å². The SMILES string of the molecule is CCC(N)CS(=O)(=O)Cc1cccc(C)n1. The zero-order valence-corrected chi connectivity index (χ0v) is 10.5. The first-order valence-electron chi connectivity index (χ1n) is 5.31. The summed E-state index contributed by atoms with van der Waals surface area (Å²) in [4.78, 5) is 4.17. The van der Waals surface area contributed by atoms with E-state index in [1.165, 1.54) is 0 Å². The van der Waals surface area contributed by atoms with Crippen molar-refractivity contribution in [3.05, 3.63) is 29.6 Å². The van der Waals surface area contributed by atoms with E-state index in [2.05, 4.69) is 4.98 Å². The van der Waals surface area contributed by atoms with Gasteiger partial charge in [-0.3, -0.25) is 4.98 Å². The average Bonchev–Trinajstić information content (AvgIpc) is 2.15. The molecule has 0 aromatic carbocycles. The molecule has 0 aliphatic heterocycles. The molecule has 0 spiro atoms. The Labute approximate surface area is 96.8 Å². The molecule has 0 saturated carbocycles. The van der Waals surface area contributed by atoms with E-state index in [4.69, 9.17) is 5.73 Å². The Morgan fingerprint density at radius 3 is 2.69 bits per heavy atom. The van der Waals surface area contributed by atoms with Crippen molar-refractivity contribution in [3.8, 4) is 0 Å². The van der Waals surface area contributed by atoms with Gasteiger partial charge in [0.2, 0.25) is 0 Å². The maximum atomic E-state index is 11.8. The normalized spacial score (nSPS) is 13.7.